The van der Waals surface area contributed by atoms with Gasteiger partial charge in [0, 0.05) is 25.3 Å². The molecule has 1 aliphatic rings. The van der Waals surface area contributed by atoms with Crippen LogP contribution in [0.4, 0.5) is 5.69 Å². The Hall–Kier alpha value is -0.970. The second-order valence-electron chi connectivity index (χ2n) is 6.28. The van der Waals surface area contributed by atoms with Gasteiger partial charge in [0.25, 0.3) is 0 Å². The van der Waals surface area contributed by atoms with Crippen LogP contribution in [0.15, 0.2) is 42.5 Å². The maximum atomic E-state index is 6.04. The Kier molecular flexibility index (Phi) is 7.85. The number of hydrogen-bond donors (Lipinski definition) is 1. The van der Waals surface area contributed by atoms with Crippen LogP contribution in [0.3, 0.4) is 0 Å². The molecule has 0 aromatic heterocycles. The van der Waals surface area contributed by atoms with E-state index in [1.807, 2.05) is 36.4 Å². The molecule has 0 saturated carbocycles. The first-order valence-electron chi connectivity index (χ1n) is 8.22. The van der Waals surface area contributed by atoms with Crippen molar-refractivity contribution in [2.24, 2.45) is 0 Å². The summed E-state index contributed by atoms with van der Waals surface area (Å²) in [5, 5.41) is 1.16. The minimum Gasteiger partial charge on any atom is -0.399 e. The Bertz CT molecular complexity index is 688. The molecule has 0 radical (unpaired) electrons. The molecule has 2 aromatic rings. The second kappa shape index (κ2) is 9.65. The van der Waals surface area contributed by atoms with E-state index in [1.165, 1.54) is 5.56 Å². The molecule has 1 saturated heterocycles. The summed E-state index contributed by atoms with van der Waals surface area (Å²) in [6.45, 7) is 3.61. The Labute approximate surface area is 165 Å². The lowest BCUT2D eigenvalue weighted by Crippen LogP contribution is -2.36. The smallest absolute Gasteiger partial charge is 0.0721 e. The molecule has 0 spiro atoms. The molecule has 25 heavy (non-hydrogen) atoms. The van der Waals surface area contributed by atoms with E-state index < -0.39 is 0 Å². The van der Waals surface area contributed by atoms with E-state index in [0.717, 1.165) is 43.7 Å². The Morgan fingerprint density at radius 3 is 2.44 bits per heavy atom. The van der Waals surface area contributed by atoms with E-state index in [1.54, 1.807) is 0 Å². The SMILES string of the molecule is Cl.Nc1cccc(CN2CCC(OCc3ccc(Cl)c(Cl)c3)CC2)c1. The van der Waals surface area contributed by atoms with Crippen molar-refractivity contribution >= 4 is 41.3 Å². The molecule has 1 heterocycles. The van der Waals surface area contributed by atoms with Gasteiger partial charge in [-0.3, -0.25) is 4.90 Å². The van der Waals surface area contributed by atoms with Gasteiger partial charge in [-0.25, -0.2) is 0 Å². The zero-order valence-electron chi connectivity index (χ0n) is 14.0. The molecule has 0 unspecified atom stereocenters. The van der Waals surface area contributed by atoms with Crippen molar-refractivity contribution in [1.29, 1.82) is 0 Å². The summed E-state index contributed by atoms with van der Waals surface area (Å²) in [4.78, 5) is 2.45. The number of nitrogens with two attached hydrogens (primary N) is 1. The summed E-state index contributed by atoms with van der Waals surface area (Å²) in [5.74, 6) is 0. The van der Waals surface area contributed by atoms with Crippen LogP contribution < -0.4 is 5.73 Å². The first-order valence-corrected chi connectivity index (χ1v) is 8.98. The van der Waals surface area contributed by atoms with Crippen LogP contribution >= 0.6 is 35.6 Å². The second-order valence-corrected chi connectivity index (χ2v) is 7.09. The summed E-state index contributed by atoms with van der Waals surface area (Å²) in [7, 11) is 0. The van der Waals surface area contributed by atoms with Crippen LogP contribution in [-0.4, -0.2) is 24.1 Å². The highest BCUT2D eigenvalue weighted by atomic mass is 35.5. The van der Waals surface area contributed by atoms with Crippen molar-refractivity contribution in [3.05, 3.63) is 63.6 Å². The monoisotopic (exact) mass is 400 g/mol. The summed E-state index contributed by atoms with van der Waals surface area (Å²) < 4.78 is 6.03. The lowest BCUT2D eigenvalue weighted by atomic mass is 10.1. The number of piperidine rings is 1. The van der Waals surface area contributed by atoms with Crippen molar-refractivity contribution in [1.82, 2.24) is 4.90 Å². The standard InChI is InChI=1S/C19H22Cl2N2O.ClH/c20-18-5-4-15(11-19(18)21)13-24-17-6-8-23(9-7-17)12-14-2-1-3-16(22)10-14;/h1-5,10-11,17H,6-9,12-13,22H2;1H. The average Bonchev–Trinajstić information content (AvgIpc) is 2.57. The Morgan fingerprint density at radius 2 is 1.76 bits per heavy atom. The number of likely N-dealkylation sites (tertiary alicyclic amines) is 1. The van der Waals surface area contributed by atoms with Gasteiger partial charge in [-0.15, -0.1) is 12.4 Å². The van der Waals surface area contributed by atoms with E-state index in [2.05, 4.69) is 11.0 Å². The van der Waals surface area contributed by atoms with E-state index in [0.29, 0.717) is 22.8 Å². The van der Waals surface area contributed by atoms with E-state index in [9.17, 15) is 0 Å². The molecule has 2 aromatic carbocycles. The number of halogens is 3. The number of rotatable bonds is 5. The number of nitrogens with zero attached hydrogens (tertiary/aromatic N) is 1. The van der Waals surface area contributed by atoms with Gasteiger partial charge in [0.15, 0.2) is 0 Å². The molecule has 0 bridgehead atoms. The molecule has 0 atom stereocenters. The lowest BCUT2D eigenvalue weighted by molar-refractivity contribution is -0.00393. The quantitative estimate of drug-likeness (QED) is 0.702. The number of nitrogen functional groups attached to an aromatic ring is 1. The predicted octanol–water partition coefficient (Wildman–Crippen LogP) is 5.18. The van der Waals surface area contributed by atoms with Crippen molar-refractivity contribution in [3.8, 4) is 0 Å². The van der Waals surface area contributed by atoms with Crippen molar-refractivity contribution in [3.63, 3.8) is 0 Å². The highest BCUT2D eigenvalue weighted by Gasteiger charge is 2.19. The van der Waals surface area contributed by atoms with Gasteiger partial charge in [-0.2, -0.15) is 0 Å². The average molecular weight is 402 g/mol. The number of benzene rings is 2. The first kappa shape index (κ1) is 20.3. The molecule has 1 fully saturated rings. The molecule has 3 nitrogen and oxygen atoms in total. The first-order chi connectivity index (χ1) is 11.6. The van der Waals surface area contributed by atoms with Crippen LogP contribution in [-0.2, 0) is 17.9 Å². The summed E-state index contributed by atoms with van der Waals surface area (Å²) >= 11 is 12.0. The molecular formula is C19H23Cl3N2O. The van der Waals surface area contributed by atoms with Crippen LogP contribution in [0, 0.1) is 0 Å². The van der Waals surface area contributed by atoms with Gasteiger partial charge in [-0.1, -0.05) is 41.4 Å². The summed E-state index contributed by atoms with van der Waals surface area (Å²) in [5.41, 5.74) is 9.00. The molecule has 1 aliphatic heterocycles. The van der Waals surface area contributed by atoms with Gasteiger partial charge >= 0.3 is 0 Å². The number of hydrogen-bond acceptors (Lipinski definition) is 3. The maximum absolute atomic E-state index is 6.04. The topological polar surface area (TPSA) is 38.5 Å². The molecule has 2 N–H and O–H groups in total. The lowest BCUT2D eigenvalue weighted by Gasteiger charge is -2.32. The minimum absolute atomic E-state index is 0. The van der Waals surface area contributed by atoms with Crippen LogP contribution in [0.5, 0.6) is 0 Å². The van der Waals surface area contributed by atoms with Gasteiger partial charge < -0.3 is 10.5 Å². The van der Waals surface area contributed by atoms with Crippen LogP contribution in [0.2, 0.25) is 10.0 Å². The fraction of sp³-hybridized carbons (Fsp3) is 0.368. The third-order valence-electron chi connectivity index (χ3n) is 4.36. The molecule has 0 aliphatic carbocycles. The van der Waals surface area contributed by atoms with Crippen molar-refractivity contribution in [2.75, 3.05) is 18.8 Å². The largest absolute Gasteiger partial charge is 0.399 e. The highest BCUT2D eigenvalue weighted by Crippen LogP contribution is 2.24. The molecule has 0 amide bonds. The van der Waals surface area contributed by atoms with Crippen molar-refractivity contribution < 1.29 is 4.74 Å². The normalized spacial score (nSPS) is 15.8. The van der Waals surface area contributed by atoms with Crippen LogP contribution in [0.1, 0.15) is 24.0 Å². The van der Waals surface area contributed by atoms with Gasteiger partial charge in [0.05, 0.1) is 22.8 Å². The fourth-order valence-electron chi connectivity index (χ4n) is 3.03. The minimum atomic E-state index is 0. The van der Waals surface area contributed by atoms with Gasteiger partial charge in [0.2, 0.25) is 0 Å². The maximum Gasteiger partial charge on any atom is 0.0721 e. The number of ether oxygens (including phenoxy) is 1. The van der Waals surface area contributed by atoms with E-state index >= 15 is 0 Å². The summed E-state index contributed by atoms with van der Waals surface area (Å²) in [6, 6.07) is 13.8. The Balaban J connectivity index is 0.00000225. The molecule has 3 rings (SSSR count). The third-order valence-corrected chi connectivity index (χ3v) is 5.10. The fourth-order valence-corrected chi connectivity index (χ4v) is 3.35. The predicted molar refractivity (Wildman–Crippen MR) is 108 cm³/mol. The summed E-state index contributed by atoms with van der Waals surface area (Å²) in [6.07, 6.45) is 2.39. The zero-order chi connectivity index (χ0) is 16.9. The van der Waals surface area contributed by atoms with E-state index in [-0.39, 0.29) is 12.4 Å². The molecule has 136 valence electrons. The van der Waals surface area contributed by atoms with Gasteiger partial charge in [-0.05, 0) is 48.2 Å². The third kappa shape index (κ3) is 6.05. The number of anilines is 1. The molecule has 6 heteroatoms. The van der Waals surface area contributed by atoms with E-state index in [4.69, 9.17) is 33.7 Å². The Morgan fingerprint density at radius 1 is 1.00 bits per heavy atom. The zero-order valence-corrected chi connectivity index (χ0v) is 16.3. The van der Waals surface area contributed by atoms with Crippen molar-refractivity contribution in [2.45, 2.75) is 32.1 Å². The van der Waals surface area contributed by atoms with Crippen LogP contribution in [0.25, 0.3) is 0 Å². The van der Waals surface area contributed by atoms with Gasteiger partial charge in [0.1, 0.15) is 0 Å². The molecular weight excluding hydrogens is 379 g/mol. The highest BCUT2D eigenvalue weighted by molar-refractivity contribution is 6.42.